The summed E-state index contributed by atoms with van der Waals surface area (Å²) in [5.74, 6) is 0. The number of halogens is 2. The summed E-state index contributed by atoms with van der Waals surface area (Å²) in [4.78, 5) is 4.85. The molecule has 0 fully saturated rings. The summed E-state index contributed by atoms with van der Waals surface area (Å²) in [5.41, 5.74) is 17.7. The van der Waals surface area contributed by atoms with E-state index in [4.69, 9.17) is 0 Å². The fourth-order valence-corrected chi connectivity index (χ4v) is 16.3. The Morgan fingerprint density at radius 1 is 0.450 bits per heavy atom. The maximum atomic E-state index is 2.87. The van der Waals surface area contributed by atoms with Gasteiger partial charge in [0.05, 0.1) is 0 Å². The van der Waals surface area contributed by atoms with Crippen LogP contribution in [0.15, 0.2) is 182 Å². The number of alkyl halides is 2. The van der Waals surface area contributed by atoms with Crippen LogP contribution in [0.2, 0.25) is 0 Å². The van der Waals surface area contributed by atoms with Crippen molar-refractivity contribution in [3.8, 4) is 11.4 Å². The molecule has 0 atom stereocenters. The summed E-state index contributed by atoms with van der Waals surface area (Å²) in [6.45, 7) is 4.76. The van der Waals surface area contributed by atoms with Crippen LogP contribution < -0.4 is 70.5 Å². The number of anilines is 7. The minimum absolute atomic E-state index is 0.0786. The van der Waals surface area contributed by atoms with Crippen molar-refractivity contribution in [2.75, 3.05) is 20.0 Å². The van der Waals surface area contributed by atoms with E-state index >= 15 is 0 Å². The summed E-state index contributed by atoms with van der Waals surface area (Å²) in [7, 11) is 0. The van der Waals surface area contributed by atoms with Crippen molar-refractivity contribution in [1.82, 2.24) is 9.13 Å². The van der Waals surface area contributed by atoms with Gasteiger partial charge in [0.2, 0.25) is 0 Å². The van der Waals surface area contributed by atoms with Gasteiger partial charge in [0, 0.05) is 0 Å². The van der Waals surface area contributed by atoms with Gasteiger partial charge in [0.15, 0.2) is 0 Å². The Hall–Kier alpha value is -5.46. The van der Waals surface area contributed by atoms with Gasteiger partial charge in [0.25, 0.3) is 0 Å². The maximum absolute atomic E-state index is 2.87. The quantitative estimate of drug-likeness (QED) is 0.0679. The van der Waals surface area contributed by atoms with E-state index in [0.29, 0.717) is 0 Å². The molecule has 5 nitrogen and oxygen atoms in total. The van der Waals surface area contributed by atoms with E-state index in [-0.39, 0.29) is 49.7 Å². The Balaban J connectivity index is 1.18. The van der Waals surface area contributed by atoms with Gasteiger partial charge in [0.1, 0.15) is 0 Å². The molecule has 0 saturated carbocycles. The predicted octanol–water partition coefficient (Wildman–Crippen LogP) is 5.29. The molecule has 0 unspecified atom stereocenters. The SMILES string of the molecule is CCC[I-]N([I-]CCC)c1cc2c3c(c1)-n1ccc4c(N(c5ccccc5)c5ccccc5)ccc(c41)B3c1ccc(N(c3ccccc3)c3ccccc3)c3ccn-2c13. The fraction of sp³-hybridized carbons (Fsp3) is 0.115. The second-order valence-corrected chi connectivity index (χ2v) is 22.7. The molecule has 0 aliphatic carbocycles. The van der Waals surface area contributed by atoms with E-state index in [9.17, 15) is 0 Å². The summed E-state index contributed by atoms with van der Waals surface area (Å²) < 4.78 is 10.5. The molecular weight excluding hydrogens is 959 g/mol. The van der Waals surface area contributed by atoms with Gasteiger partial charge in [-0.1, -0.05) is 24.3 Å². The number of hydrogen-bond donors (Lipinski definition) is 0. The van der Waals surface area contributed by atoms with E-state index < -0.39 is 0 Å². The molecule has 296 valence electrons. The van der Waals surface area contributed by atoms with Crippen LogP contribution in [0.3, 0.4) is 0 Å². The molecule has 0 bridgehead atoms. The normalized spacial score (nSPS) is 12.3. The Labute approximate surface area is 374 Å². The van der Waals surface area contributed by atoms with Gasteiger partial charge in [-0.3, -0.25) is 0 Å². The number of rotatable bonds is 13. The molecule has 0 N–H and O–H groups in total. The van der Waals surface area contributed by atoms with Crippen molar-refractivity contribution in [2.24, 2.45) is 0 Å². The standard InChI is InChI=1S/C52H44BI2N5/c1-3-31-54-60(55-32-4-2)41-35-48-50-49(36-41)57-34-30-43-47(59(39-21-13-7-14-22-39)40-23-15-8-16-24-40)28-26-45(52(43)57)53(50)44-25-27-46(42-29-33-56(48)51(42)44)58(37-17-9-5-10-18-37)38-19-11-6-12-20-38/h5-30,33-36H,3-4,31-32H2,1-2H3/q-2. The fourth-order valence-electron chi connectivity index (χ4n) is 9.33. The monoisotopic (exact) mass is 1000 g/mol. The average Bonchev–Trinajstić information content (AvgIpc) is 3.96. The van der Waals surface area contributed by atoms with Gasteiger partial charge < -0.3 is 0 Å². The number of aromatic nitrogens is 2. The third-order valence-corrected chi connectivity index (χ3v) is 20.6. The molecule has 2 aliphatic rings. The van der Waals surface area contributed by atoms with Crippen LogP contribution in [0, 0.1) is 0 Å². The van der Waals surface area contributed by atoms with Crippen molar-refractivity contribution in [2.45, 2.75) is 26.7 Å². The van der Waals surface area contributed by atoms with Gasteiger partial charge in [-0.15, -0.1) is 0 Å². The van der Waals surface area contributed by atoms with E-state index in [1.165, 1.54) is 88.3 Å². The number of fused-ring (bicyclic) bond motifs is 4. The number of para-hydroxylation sites is 4. The van der Waals surface area contributed by atoms with Crippen molar-refractivity contribution in [3.05, 3.63) is 182 Å². The van der Waals surface area contributed by atoms with Crippen molar-refractivity contribution < 1.29 is 43.0 Å². The van der Waals surface area contributed by atoms with Crippen molar-refractivity contribution in [3.63, 3.8) is 0 Å². The first kappa shape index (κ1) is 37.5. The van der Waals surface area contributed by atoms with Crippen LogP contribution in [0.4, 0.5) is 39.8 Å². The van der Waals surface area contributed by atoms with E-state index in [1.54, 1.807) is 0 Å². The topological polar surface area (TPSA) is 19.6 Å². The second-order valence-electron chi connectivity index (χ2n) is 15.4. The molecule has 9 aromatic rings. The van der Waals surface area contributed by atoms with Crippen LogP contribution in [-0.4, -0.2) is 24.7 Å². The summed E-state index contributed by atoms with van der Waals surface area (Å²) in [5, 5.41) is 2.53. The number of nitrogens with zero attached hydrogens (tertiary/aromatic N) is 5. The molecule has 0 radical (unpaired) electrons. The Kier molecular flexibility index (Phi) is 9.92. The van der Waals surface area contributed by atoms with Crippen LogP contribution in [-0.2, 0) is 0 Å². The van der Waals surface area contributed by atoms with Crippen LogP contribution >= 0.6 is 0 Å². The zero-order valence-electron chi connectivity index (χ0n) is 33.7. The van der Waals surface area contributed by atoms with E-state index in [2.05, 4.69) is 216 Å². The van der Waals surface area contributed by atoms with Crippen molar-refractivity contribution >= 4 is 84.7 Å². The van der Waals surface area contributed by atoms with Crippen LogP contribution in [0.25, 0.3) is 33.2 Å². The first-order chi connectivity index (χ1) is 29.7. The zero-order valence-corrected chi connectivity index (χ0v) is 38.0. The summed E-state index contributed by atoms with van der Waals surface area (Å²) in [6.07, 6.45) is 7.16. The van der Waals surface area contributed by atoms with E-state index in [0.717, 1.165) is 22.7 Å². The van der Waals surface area contributed by atoms with Gasteiger partial charge in [-0.25, -0.2) is 0 Å². The molecule has 2 aliphatic heterocycles. The average molecular weight is 1000 g/mol. The predicted molar refractivity (Wildman–Crippen MR) is 247 cm³/mol. The molecule has 0 saturated heterocycles. The summed E-state index contributed by atoms with van der Waals surface area (Å²) >= 11 is -0.228. The Bertz CT molecular complexity index is 2710. The molecule has 11 rings (SSSR count). The van der Waals surface area contributed by atoms with Crippen LogP contribution in [0.1, 0.15) is 26.7 Å². The molecular formula is C52H44BI2N5-2. The van der Waals surface area contributed by atoms with Crippen molar-refractivity contribution in [1.29, 1.82) is 0 Å². The second kappa shape index (κ2) is 15.9. The zero-order chi connectivity index (χ0) is 40.2. The molecule has 60 heavy (non-hydrogen) atoms. The summed E-state index contributed by atoms with van der Waals surface area (Å²) in [6, 6.07) is 62.8. The van der Waals surface area contributed by atoms with Gasteiger partial charge in [-0.2, -0.15) is 0 Å². The Morgan fingerprint density at radius 3 is 1.20 bits per heavy atom. The number of benzene rings is 7. The first-order valence-corrected chi connectivity index (χ1v) is 26.0. The first-order valence-electron chi connectivity index (χ1n) is 21.0. The third-order valence-electron chi connectivity index (χ3n) is 11.8. The van der Waals surface area contributed by atoms with Gasteiger partial charge >= 0.3 is 353 Å². The molecule has 0 amide bonds. The Morgan fingerprint density at radius 2 is 0.833 bits per heavy atom. The van der Waals surface area contributed by atoms with E-state index in [1.807, 2.05) is 0 Å². The molecule has 7 aromatic carbocycles. The molecule has 8 heteroatoms. The molecule has 2 aromatic heterocycles. The third kappa shape index (κ3) is 6.16. The molecule has 0 spiro atoms. The number of hydrogen-bond acceptors (Lipinski definition) is 3. The van der Waals surface area contributed by atoms with Gasteiger partial charge in [-0.05, 0) is 0 Å². The van der Waals surface area contributed by atoms with Crippen LogP contribution in [0.5, 0.6) is 0 Å². The minimum atomic E-state index is -0.114. The molecule has 4 heterocycles.